The number of fused-ring (bicyclic) bond motifs is 5. The first-order valence-corrected chi connectivity index (χ1v) is 22.2. The van der Waals surface area contributed by atoms with Crippen molar-refractivity contribution in [3.8, 4) is 5.69 Å². The molecule has 6 rings (SSSR count). The topological polar surface area (TPSA) is 25.2 Å². The van der Waals surface area contributed by atoms with Crippen LogP contribution in [0.4, 0.5) is 11.4 Å². The number of carbonyl (C=O) groups excluding carboxylic acids is 1. The number of aromatic nitrogens is 1. The number of benzene rings is 4. The number of anilines is 2. The van der Waals surface area contributed by atoms with Crippen LogP contribution in [0.2, 0.25) is 0 Å². The Hall–Kier alpha value is -3.50. The summed E-state index contributed by atoms with van der Waals surface area (Å²) in [6.07, 6.45) is 28.4. The predicted molar refractivity (Wildman–Crippen MR) is 231 cm³/mol. The van der Waals surface area contributed by atoms with Crippen molar-refractivity contribution in [2.75, 3.05) is 11.4 Å². The fourth-order valence-electron chi connectivity index (χ4n) is 8.57. The third-order valence-electron chi connectivity index (χ3n) is 11.6. The number of carbonyl (C=O) groups is 1. The van der Waals surface area contributed by atoms with Crippen LogP contribution in [0.15, 0.2) is 94.7 Å². The van der Waals surface area contributed by atoms with E-state index in [0.717, 1.165) is 18.4 Å². The Labute approximate surface area is 324 Å². The van der Waals surface area contributed by atoms with Crippen LogP contribution >= 0.6 is 11.8 Å². The van der Waals surface area contributed by atoms with E-state index < -0.39 is 0 Å². The summed E-state index contributed by atoms with van der Waals surface area (Å²) in [5.74, 6) is 0.649. The zero-order valence-electron chi connectivity index (χ0n) is 32.8. The lowest BCUT2D eigenvalue weighted by molar-refractivity contribution is 0.112. The zero-order chi connectivity index (χ0) is 36.7. The van der Waals surface area contributed by atoms with E-state index in [-0.39, 0.29) is 0 Å². The van der Waals surface area contributed by atoms with Gasteiger partial charge in [-0.25, -0.2) is 0 Å². The minimum Gasteiger partial charge on any atom is -0.339 e. The Morgan fingerprint density at radius 3 is 1.55 bits per heavy atom. The van der Waals surface area contributed by atoms with Gasteiger partial charge in [0.05, 0.1) is 22.4 Å². The molecule has 0 radical (unpaired) electrons. The Morgan fingerprint density at radius 1 is 0.547 bits per heavy atom. The van der Waals surface area contributed by atoms with Gasteiger partial charge in [0.15, 0.2) is 0 Å². The monoisotopic (exact) mass is 728 g/mol. The number of para-hydroxylation sites is 2. The van der Waals surface area contributed by atoms with Gasteiger partial charge in [-0.3, -0.25) is 4.79 Å². The number of hydrogen-bond acceptors (Lipinski definition) is 3. The zero-order valence-corrected chi connectivity index (χ0v) is 33.6. The minimum absolute atomic E-state index is 0.649. The molecule has 5 aromatic rings. The van der Waals surface area contributed by atoms with Gasteiger partial charge in [0.25, 0.3) is 0 Å². The second-order valence-corrected chi connectivity index (χ2v) is 16.8. The molecule has 1 aliphatic heterocycles. The van der Waals surface area contributed by atoms with Crippen molar-refractivity contribution in [3.05, 3.63) is 90.5 Å². The molecule has 2 heterocycles. The average molecular weight is 729 g/mol. The molecule has 1 aromatic heterocycles. The number of nitrogens with zero attached hydrogens (tertiary/aromatic N) is 2. The van der Waals surface area contributed by atoms with Crippen molar-refractivity contribution in [1.29, 1.82) is 0 Å². The molecule has 4 heteroatoms. The molecular formula is C49H64N2OS. The van der Waals surface area contributed by atoms with Crippen LogP contribution in [0, 0.1) is 5.92 Å². The van der Waals surface area contributed by atoms with Gasteiger partial charge in [0, 0.05) is 38.4 Å². The second kappa shape index (κ2) is 20.8. The van der Waals surface area contributed by atoms with Crippen LogP contribution < -0.4 is 4.90 Å². The summed E-state index contributed by atoms with van der Waals surface area (Å²) in [7, 11) is 0. The van der Waals surface area contributed by atoms with Crippen molar-refractivity contribution in [1.82, 2.24) is 4.57 Å². The first-order valence-electron chi connectivity index (χ1n) is 21.4. The molecule has 0 fully saturated rings. The van der Waals surface area contributed by atoms with Crippen molar-refractivity contribution in [2.45, 2.75) is 152 Å². The molecule has 0 saturated heterocycles. The Morgan fingerprint density at radius 2 is 1.02 bits per heavy atom. The van der Waals surface area contributed by atoms with E-state index in [1.807, 2.05) is 17.8 Å². The van der Waals surface area contributed by atoms with Crippen LogP contribution in [0.1, 0.15) is 153 Å². The molecule has 53 heavy (non-hydrogen) atoms. The maximum atomic E-state index is 11.9. The fraction of sp³-hybridized carbons (Fsp3) is 0.490. The molecule has 0 spiro atoms. The van der Waals surface area contributed by atoms with Crippen LogP contribution in [-0.4, -0.2) is 17.4 Å². The predicted octanol–water partition coefficient (Wildman–Crippen LogP) is 15.7. The largest absolute Gasteiger partial charge is 0.339 e. The third kappa shape index (κ3) is 10.4. The lowest BCUT2D eigenvalue weighted by atomic mass is 9.93. The van der Waals surface area contributed by atoms with E-state index in [9.17, 15) is 4.79 Å². The fourth-order valence-corrected chi connectivity index (χ4v) is 9.75. The summed E-state index contributed by atoms with van der Waals surface area (Å²) in [6, 6.07) is 30.9. The van der Waals surface area contributed by atoms with Crippen LogP contribution in [0.3, 0.4) is 0 Å². The molecule has 282 valence electrons. The van der Waals surface area contributed by atoms with Crippen molar-refractivity contribution < 1.29 is 4.79 Å². The van der Waals surface area contributed by atoms with Gasteiger partial charge < -0.3 is 9.47 Å². The molecule has 0 saturated carbocycles. The lowest BCUT2D eigenvalue weighted by Crippen LogP contribution is -2.28. The number of rotatable bonds is 24. The lowest BCUT2D eigenvalue weighted by Gasteiger charge is -2.36. The quantitative estimate of drug-likeness (QED) is 0.0467. The van der Waals surface area contributed by atoms with Gasteiger partial charge in [-0.15, -0.1) is 0 Å². The van der Waals surface area contributed by atoms with E-state index >= 15 is 0 Å². The maximum absolute atomic E-state index is 11.9. The van der Waals surface area contributed by atoms with Gasteiger partial charge in [-0.2, -0.15) is 0 Å². The Kier molecular flexibility index (Phi) is 15.4. The minimum atomic E-state index is 0.649. The molecule has 3 nitrogen and oxygen atoms in total. The van der Waals surface area contributed by atoms with Crippen LogP contribution in [0.5, 0.6) is 0 Å². The molecule has 1 unspecified atom stereocenters. The molecule has 4 aromatic carbocycles. The summed E-state index contributed by atoms with van der Waals surface area (Å²) in [6.45, 7) is 5.64. The van der Waals surface area contributed by atoms with Gasteiger partial charge in [-0.05, 0) is 67.3 Å². The number of aldehydes is 1. The SMILES string of the molecule is CCCCCCCCCCCCC(CCCCCCCCCC)CN1c2ccc(C=O)cc2Sc2cc(-n3c4ccccc4c4ccccc43)ccc21. The number of hydrogen-bond donors (Lipinski definition) is 0. The number of unbranched alkanes of at least 4 members (excludes halogenated alkanes) is 16. The highest BCUT2D eigenvalue weighted by atomic mass is 32.2. The molecule has 0 amide bonds. The smallest absolute Gasteiger partial charge is 0.150 e. The van der Waals surface area contributed by atoms with Crippen LogP contribution in [0.25, 0.3) is 27.5 Å². The summed E-state index contributed by atoms with van der Waals surface area (Å²) in [4.78, 5) is 17.0. The van der Waals surface area contributed by atoms with Crippen molar-refractivity contribution >= 4 is 51.2 Å². The van der Waals surface area contributed by atoms with Gasteiger partial charge >= 0.3 is 0 Å². The normalized spacial score (nSPS) is 13.1. The molecular weight excluding hydrogens is 665 g/mol. The molecule has 1 atom stereocenters. The summed E-state index contributed by atoms with van der Waals surface area (Å²) >= 11 is 1.82. The third-order valence-corrected chi connectivity index (χ3v) is 12.7. The highest BCUT2D eigenvalue weighted by Crippen LogP contribution is 2.50. The summed E-state index contributed by atoms with van der Waals surface area (Å²) < 4.78 is 2.42. The van der Waals surface area contributed by atoms with E-state index in [1.54, 1.807) is 0 Å². The average Bonchev–Trinajstić information content (AvgIpc) is 3.53. The standard InChI is InChI=1S/C49H64N2OS/c1-3-5-7-9-11-13-14-16-18-20-26-39(25-19-17-15-12-10-8-6-4-2)37-50-46-33-31-40(38-52)35-48(46)53-49-36-41(32-34-47(49)50)51-44-29-23-21-27-42(44)43-28-22-24-30-45(43)51/h21-24,27-36,38-39H,3-20,25-26,37H2,1-2H3. The van der Waals surface area contributed by atoms with Crippen molar-refractivity contribution in [3.63, 3.8) is 0 Å². The van der Waals surface area contributed by atoms with E-state index in [1.165, 1.54) is 177 Å². The highest BCUT2D eigenvalue weighted by molar-refractivity contribution is 7.99. The van der Waals surface area contributed by atoms with Gasteiger partial charge in [-0.1, -0.05) is 178 Å². The first-order chi connectivity index (χ1) is 26.2. The van der Waals surface area contributed by atoms with Crippen molar-refractivity contribution in [2.24, 2.45) is 5.92 Å². The first kappa shape index (κ1) is 39.2. The highest BCUT2D eigenvalue weighted by Gasteiger charge is 2.27. The van der Waals surface area contributed by atoms with Gasteiger partial charge in [0.1, 0.15) is 6.29 Å². The van der Waals surface area contributed by atoms with Crippen LogP contribution in [-0.2, 0) is 0 Å². The summed E-state index contributed by atoms with van der Waals surface area (Å²) in [5.41, 5.74) is 6.95. The molecule has 0 bridgehead atoms. The molecule has 0 N–H and O–H groups in total. The summed E-state index contributed by atoms with van der Waals surface area (Å²) in [5, 5.41) is 2.57. The Bertz CT molecular complexity index is 1820. The Balaban J connectivity index is 1.21. The van der Waals surface area contributed by atoms with E-state index in [0.29, 0.717) is 5.92 Å². The molecule has 0 aliphatic carbocycles. The van der Waals surface area contributed by atoms with E-state index in [2.05, 4.69) is 102 Å². The van der Waals surface area contributed by atoms with Gasteiger partial charge in [0.2, 0.25) is 0 Å². The second-order valence-electron chi connectivity index (χ2n) is 15.7. The maximum Gasteiger partial charge on any atom is 0.150 e. The van der Waals surface area contributed by atoms with E-state index in [4.69, 9.17) is 0 Å². The molecule has 1 aliphatic rings.